The Morgan fingerprint density at radius 1 is 1.31 bits per heavy atom. The molecule has 0 fully saturated rings. The highest BCUT2D eigenvalue weighted by Gasteiger charge is 1.81. The van der Waals surface area contributed by atoms with Gasteiger partial charge in [0.1, 0.15) is 0 Å². The molecule has 0 N–H and O–H groups in total. The monoisotopic (exact) mass is 186 g/mol. The molecular weight excluding hydrogens is 176 g/mol. The fourth-order valence-corrected chi connectivity index (χ4v) is 1.29. The van der Waals surface area contributed by atoms with E-state index in [4.69, 9.17) is 0 Å². The lowest BCUT2D eigenvalue weighted by molar-refractivity contribution is 1.91. The van der Waals surface area contributed by atoms with Crippen LogP contribution in [-0.4, -0.2) is 0 Å². The van der Waals surface area contributed by atoms with E-state index in [0.717, 1.165) is 4.88 Å². The third-order valence-corrected chi connectivity index (χ3v) is 2.04. The summed E-state index contributed by atoms with van der Waals surface area (Å²) in [6.07, 6.45) is 9.21. The lowest BCUT2D eigenvalue weighted by Gasteiger charge is -1.72. The minimum atomic E-state index is 1.09. The molecule has 1 rings (SSSR count). The van der Waals surface area contributed by atoms with Crippen LogP contribution < -0.4 is 0 Å². The van der Waals surface area contributed by atoms with Crippen molar-refractivity contribution in [1.29, 1.82) is 0 Å². The largest absolute Gasteiger partial charge is 0.135 e. The summed E-state index contributed by atoms with van der Waals surface area (Å²) in [6.45, 7) is 3.56. The molecule has 64 valence electrons. The number of hydrogen-bond donors (Lipinski definition) is 0. The molecule has 0 saturated carbocycles. The van der Waals surface area contributed by atoms with E-state index in [2.05, 4.69) is 18.4 Å². The second kappa shape index (κ2) is 6.05. The van der Waals surface area contributed by atoms with Crippen molar-refractivity contribution in [2.75, 3.05) is 0 Å². The van der Waals surface area contributed by atoms with Crippen molar-refractivity contribution in [2.45, 2.75) is 0 Å². The number of rotatable bonds is 2. The van der Waals surface area contributed by atoms with E-state index >= 15 is 0 Å². The van der Waals surface area contributed by atoms with Gasteiger partial charge in [-0.2, -0.15) is 0 Å². The SMILES string of the molecule is C=CC=CC=CC#Cc1cccs1. The van der Waals surface area contributed by atoms with Crippen LogP contribution in [0.1, 0.15) is 4.88 Å². The van der Waals surface area contributed by atoms with Crippen LogP contribution in [0.25, 0.3) is 0 Å². The van der Waals surface area contributed by atoms with Crippen LogP contribution in [0.4, 0.5) is 0 Å². The predicted octanol–water partition coefficient (Wildman–Crippen LogP) is 3.40. The van der Waals surface area contributed by atoms with Crippen molar-refractivity contribution in [3.8, 4) is 11.8 Å². The molecule has 0 bridgehead atoms. The fourth-order valence-electron chi connectivity index (χ4n) is 0.709. The quantitative estimate of drug-likeness (QED) is 0.490. The van der Waals surface area contributed by atoms with Crippen LogP contribution in [0.3, 0.4) is 0 Å². The maximum atomic E-state index is 3.56. The van der Waals surface area contributed by atoms with E-state index in [1.807, 2.05) is 41.8 Å². The first-order valence-electron chi connectivity index (χ1n) is 3.93. The highest BCUT2D eigenvalue weighted by atomic mass is 32.1. The zero-order valence-electron chi connectivity index (χ0n) is 7.23. The number of allylic oxidation sites excluding steroid dienone is 5. The lowest BCUT2D eigenvalue weighted by Crippen LogP contribution is -1.57. The van der Waals surface area contributed by atoms with Gasteiger partial charge in [0.2, 0.25) is 0 Å². The summed E-state index contributed by atoms with van der Waals surface area (Å²) >= 11 is 1.65. The highest BCUT2D eigenvalue weighted by Crippen LogP contribution is 2.05. The summed E-state index contributed by atoms with van der Waals surface area (Å²) in [7, 11) is 0. The van der Waals surface area contributed by atoms with Gasteiger partial charge in [0.15, 0.2) is 0 Å². The van der Waals surface area contributed by atoms with Crippen LogP contribution in [0, 0.1) is 11.8 Å². The van der Waals surface area contributed by atoms with Gasteiger partial charge in [-0.1, -0.05) is 48.8 Å². The zero-order chi connectivity index (χ0) is 9.36. The topological polar surface area (TPSA) is 0 Å². The molecule has 0 aliphatic carbocycles. The smallest absolute Gasteiger partial charge is 0.0771 e. The van der Waals surface area contributed by atoms with Crippen molar-refractivity contribution in [1.82, 2.24) is 0 Å². The van der Waals surface area contributed by atoms with Crippen molar-refractivity contribution < 1.29 is 0 Å². The van der Waals surface area contributed by atoms with Gasteiger partial charge in [-0.15, -0.1) is 11.3 Å². The highest BCUT2D eigenvalue weighted by molar-refractivity contribution is 7.10. The maximum Gasteiger partial charge on any atom is 0.0771 e. The Morgan fingerprint density at radius 3 is 2.92 bits per heavy atom. The Balaban J connectivity index is 2.45. The number of hydrogen-bond acceptors (Lipinski definition) is 1. The third kappa shape index (κ3) is 4.15. The van der Waals surface area contributed by atoms with Gasteiger partial charge in [-0.05, 0) is 17.5 Å². The molecule has 1 heterocycles. The second-order valence-electron chi connectivity index (χ2n) is 2.23. The molecule has 0 radical (unpaired) electrons. The molecule has 0 atom stereocenters. The minimum absolute atomic E-state index is 1.09. The summed E-state index contributed by atoms with van der Waals surface area (Å²) < 4.78 is 0. The minimum Gasteiger partial charge on any atom is -0.135 e. The average molecular weight is 186 g/mol. The van der Waals surface area contributed by atoms with E-state index in [1.54, 1.807) is 17.4 Å². The van der Waals surface area contributed by atoms with Gasteiger partial charge in [0, 0.05) is 0 Å². The average Bonchev–Trinajstić information content (AvgIpc) is 2.63. The summed E-state index contributed by atoms with van der Waals surface area (Å²) in [5.41, 5.74) is 0. The van der Waals surface area contributed by atoms with Crippen LogP contribution >= 0.6 is 11.3 Å². The lowest BCUT2D eigenvalue weighted by atomic mass is 10.4. The molecular formula is C12H10S. The van der Waals surface area contributed by atoms with Gasteiger partial charge in [-0.3, -0.25) is 0 Å². The van der Waals surface area contributed by atoms with Crippen LogP contribution in [0.5, 0.6) is 0 Å². The third-order valence-electron chi connectivity index (χ3n) is 1.25. The first-order valence-corrected chi connectivity index (χ1v) is 4.81. The summed E-state index contributed by atoms with van der Waals surface area (Å²) in [6, 6.07) is 4.00. The predicted molar refractivity (Wildman–Crippen MR) is 59.7 cm³/mol. The normalized spacial score (nSPS) is 10.2. The van der Waals surface area contributed by atoms with Crippen molar-refractivity contribution in [3.05, 3.63) is 59.3 Å². The molecule has 0 aliphatic heterocycles. The molecule has 13 heavy (non-hydrogen) atoms. The Bertz CT molecular complexity index is 356. The molecule has 0 nitrogen and oxygen atoms in total. The van der Waals surface area contributed by atoms with E-state index in [-0.39, 0.29) is 0 Å². The van der Waals surface area contributed by atoms with Crippen LogP contribution in [0.2, 0.25) is 0 Å². The molecule has 1 heteroatoms. The van der Waals surface area contributed by atoms with Crippen LogP contribution in [0.15, 0.2) is 54.5 Å². The summed E-state index contributed by atoms with van der Waals surface area (Å²) in [4.78, 5) is 1.09. The number of thiophene rings is 1. The van der Waals surface area contributed by atoms with E-state index < -0.39 is 0 Å². The molecule has 0 spiro atoms. The summed E-state index contributed by atoms with van der Waals surface area (Å²) in [5.74, 6) is 5.96. The van der Waals surface area contributed by atoms with Crippen LogP contribution in [-0.2, 0) is 0 Å². The Hall–Kier alpha value is -1.52. The van der Waals surface area contributed by atoms with Gasteiger partial charge in [-0.25, -0.2) is 0 Å². The van der Waals surface area contributed by atoms with Gasteiger partial charge in [0.25, 0.3) is 0 Å². The Kier molecular flexibility index (Phi) is 4.45. The zero-order valence-corrected chi connectivity index (χ0v) is 8.05. The van der Waals surface area contributed by atoms with Gasteiger partial charge < -0.3 is 0 Å². The summed E-state index contributed by atoms with van der Waals surface area (Å²) in [5, 5.41) is 2.02. The molecule has 1 aromatic rings. The van der Waals surface area contributed by atoms with Crippen molar-refractivity contribution in [2.24, 2.45) is 0 Å². The molecule has 1 aromatic heterocycles. The van der Waals surface area contributed by atoms with Gasteiger partial charge in [0.05, 0.1) is 4.88 Å². The van der Waals surface area contributed by atoms with E-state index in [9.17, 15) is 0 Å². The molecule has 0 aliphatic rings. The molecule has 0 unspecified atom stereocenters. The van der Waals surface area contributed by atoms with Crippen molar-refractivity contribution >= 4 is 11.3 Å². The standard InChI is InChI=1S/C12H10S/c1-2-3-4-5-6-7-9-12-10-8-11-13-12/h2-6,8,10-11H,1H2. The first-order chi connectivity index (χ1) is 6.43. The Labute approximate surface area is 82.9 Å². The Morgan fingerprint density at radius 2 is 2.23 bits per heavy atom. The molecule has 0 saturated heterocycles. The fraction of sp³-hybridized carbons (Fsp3) is 0. The second-order valence-corrected chi connectivity index (χ2v) is 3.17. The maximum absolute atomic E-state index is 3.56. The van der Waals surface area contributed by atoms with Gasteiger partial charge >= 0.3 is 0 Å². The molecule has 0 aromatic carbocycles. The first kappa shape index (κ1) is 9.57. The van der Waals surface area contributed by atoms with E-state index in [1.165, 1.54) is 0 Å². The molecule has 0 amide bonds. The van der Waals surface area contributed by atoms with Crippen molar-refractivity contribution in [3.63, 3.8) is 0 Å². The van der Waals surface area contributed by atoms with E-state index in [0.29, 0.717) is 0 Å².